The van der Waals surface area contributed by atoms with Crippen LogP contribution >= 0.6 is 0 Å². The summed E-state index contributed by atoms with van der Waals surface area (Å²) in [6, 6.07) is 8.40. The second-order valence-electron chi connectivity index (χ2n) is 5.01. The topological polar surface area (TPSA) is 21.7 Å². The van der Waals surface area contributed by atoms with Gasteiger partial charge >= 0.3 is 0 Å². The van der Waals surface area contributed by atoms with Gasteiger partial charge in [0.05, 0.1) is 19.8 Å². The summed E-state index contributed by atoms with van der Waals surface area (Å²) in [5.74, 6) is 1.01. The number of nitrogens with zero attached hydrogens (tertiary/aromatic N) is 1. The van der Waals surface area contributed by atoms with Crippen molar-refractivity contribution in [2.75, 3.05) is 39.5 Å². The highest BCUT2D eigenvalue weighted by Gasteiger charge is 2.08. The largest absolute Gasteiger partial charge is 0.494 e. The van der Waals surface area contributed by atoms with Gasteiger partial charge in [0.1, 0.15) is 5.75 Å². The normalized spacial score (nSPS) is 16.5. The molecule has 1 heterocycles. The zero-order chi connectivity index (χ0) is 13.3. The van der Waals surface area contributed by atoms with Crippen molar-refractivity contribution in [2.45, 2.75) is 26.2 Å². The van der Waals surface area contributed by atoms with E-state index in [0.717, 1.165) is 51.5 Å². The zero-order valence-electron chi connectivity index (χ0n) is 11.9. The van der Waals surface area contributed by atoms with Crippen LogP contribution in [0.1, 0.15) is 25.3 Å². The van der Waals surface area contributed by atoms with Gasteiger partial charge in [-0.3, -0.25) is 4.90 Å². The molecule has 3 nitrogen and oxygen atoms in total. The fraction of sp³-hybridized carbons (Fsp3) is 0.625. The Morgan fingerprint density at radius 1 is 1.21 bits per heavy atom. The van der Waals surface area contributed by atoms with Crippen LogP contribution < -0.4 is 4.74 Å². The van der Waals surface area contributed by atoms with Crippen LogP contribution in [0.15, 0.2) is 24.3 Å². The first-order chi connectivity index (χ1) is 9.38. The highest BCUT2D eigenvalue weighted by molar-refractivity contribution is 5.28. The summed E-state index contributed by atoms with van der Waals surface area (Å²) in [6.45, 7) is 8.10. The van der Waals surface area contributed by atoms with Crippen molar-refractivity contribution in [3.63, 3.8) is 0 Å². The lowest BCUT2D eigenvalue weighted by Crippen LogP contribution is -2.36. The second-order valence-corrected chi connectivity index (χ2v) is 5.01. The molecule has 0 atom stereocenters. The van der Waals surface area contributed by atoms with E-state index in [2.05, 4.69) is 30.0 Å². The molecule has 0 aromatic heterocycles. The van der Waals surface area contributed by atoms with Crippen LogP contribution in [-0.2, 0) is 11.2 Å². The lowest BCUT2D eigenvalue weighted by atomic mass is 10.2. The second kappa shape index (κ2) is 8.18. The van der Waals surface area contributed by atoms with Gasteiger partial charge in [-0.25, -0.2) is 0 Å². The SMILES string of the molecule is CCc1cccc(OCCCCN2CCOCC2)c1. The number of hydrogen-bond acceptors (Lipinski definition) is 3. The van der Waals surface area contributed by atoms with Crippen molar-refractivity contribution < 1.29 is 9.47 Å². The zero-order valence-corrected chi connectivity index (χ0v) is 11.9. The lowest BCUT2D eigenvalue weighted by molar-refractivity contribution is 0.0368. The summed E-state index contributed by atoms with van der Waals surface area (Å²) in [7, 11) is 0. The van der Waals surface area contributed by atoms with Crippen LogP contribution in [0.4, 0.5) is 0 Å². The minimum Gasteiger partial charge on any atom is -0.494 e. The third-order valence-electron chi connectivity index (χ3n) is 3.55. The molecular weight excluding hydrogens is 238 g/mol. The number of hydrogen-bond donors (Lipinski definition) is 0. The van der Waals surface area contributed by atoms with Gasteiger partial charge in [0.2, 0.25) is 0 Å². The van der Waals surface area contributed by atoms with E-state index in [1.165, 1.54) is 18.5 Å². The predicted octanol–water partition coefficient (Wildman–Crippen LogP) is 2.74. The van der Waals surface area contributed by atoms with Crippen molar-refractivity contribution in [2.24, 2.45) is 0 Å². The predicted molar refractivity (Wildman–Crippen MR) is 77.8 cm³/mol. The number of benzene rings is 1. The van der Waals surface area contributed by atoms with Crippen LogP contribution in [0.3, 0.4) is 0 Å². The summed E-state index contributed by atoms with van der Waals surface area (Å²) in [5, 5.41) is 0. The van der Waals surface area contributed by atoms with E-state index in [1.807, 2.05) is 6.07 Å². The van der Waals surface area contributed by atoms with Gasteiger partial charge < -0.3 is 9.47 Å². The highest BCUT2D eigenvalue weighted by Crippen LogP contribution is 2.14. The van der Waals surface area contributed by atoms with E-state index in [4.69, 9.17) is 9.47 Å². The Bertz CT molecular complexity index is 362. The van der Waals surface area contributed by atoms with E-state index < -0.39 is 0 Å². The van der Waals surface area contributed by atoms with Crippen LogP contribution in [0.2, 0.25) is 0 Å². The van der Waals surface area contributed by atoms with Crippen LogP contribution in [0, 0.1) is 0 Å². The molecule has 0 radical (unpaired) electrons. The first-order valence-electron chi connectivity index (χ1n) is 7.40. The third kappa shape index (κ3) is 5.21. The average Bonchev–Trinajstić information content (AvgIpc) is 2.48. The standard InChI is InChI=1S/C16H25NO2/c1-2-15-6-5-7-16(14-15)19-11-4-3-8-17-9-12-18-13-10-17/h5-7,14H,2-4,8-13H2,1H3. The smallest absolute Gasteiger partial charge is 0.119 e. The van der Waals surface area contributed by atoms with Gasteiger partial charge in [-0.05, 0) is 43.5 Å². The molecule has 0 bridgehead atoms. The van der Waals surface area contributed by atoms with Gasteiger partial charge in [0, 0.05) is 13.1 Å². The van der Waals surface area contributed by atoms with Crippen molar-refractivity contribution >= 4 is 0 Å². The molecule has 106 valence electrons. The molecule has 19 heavy (non-hydrogen) atoms. The number of unbranched alkanes of at least 4 members (excludes halogenated alkanes) is 1. The molecule has 0 aliphatic carbocycles. The Morgan fingerprint density at radius 3 is 2.84 bits per heavy atom. The van der Waals surface area contributed by atoms with Crippen molar-refractivity contribution in [1.82, 2.24) is 4.90 Å². The first kappa shape index (κ1) is 14.4. The molecule has 0 saturated carbocycles. The van der Waals surface area contributed by atoms with E-state index in [1.54, 1.807) is 0 Å². The molecule has 2 rings (SSSR count). The summed E-state index contributed by atoms with van der Waals surface area (Å²) < 4.78 is 11.1. The molecule has 0 N–H and O–H groups in total. The first-order valence-corrected chi connectivity index (χ1v) is 7.40. The quantitative estimate of drug-likeness (QED) is 0.706. The van der Waals surface area contributed by atoms with Crippen molar-refractivity contribution in [1.29, 1.82) is 0 Å². The van der Waals surface area contributed by atoms with E-state index >= 15 is 0 Å². The molecule has 1 aliphatic rings. The lowest BCUT2D eigenvalue weighted by Gasteiger charge is -2.26. The number of ether oxygens (including phenoxy) is 2. The van der Waals surface area contributed by atoms with Crippen LogP contribution in [0.5, 0.6) is 5.75 Å². The fourth-order valence-corrected chi connectivity index (χ4v) is 2.31. The summed E-state index contributed by atoms with van der Waals surface area (Å²) in [6.07, 6.45) is 3.38. The van der Waals surface area contributed by atoms with E-state index in [-0.39, 0.29) is 0 Å². The minimum absolute atomic E-state index is 0.817. The maximum absolute atomic E-state index is 5.79. The van der Waals surface area contributed by atoms with Gasteiger partial charge in [-0.15, -0.1) is 0 Å². The van der Waals surface area contributed by atoms with Crippen molar-refractivity contribution in [3.05, 3.63) is 29.8 Å². The number of morpholine rings is 1. The maximum Gasteiger partial charge on any atom is 0.119 e. The summed E-state index contributed by atoms with van der Waals surface area (Å²) >= 11 is 0. The molecule has 0 spiro atoms. The highest BCUT2D eigenvalue weighted by atomic mass is 16.5. The third-order valence-corrected chi connectivity index (χ3v) is 3.55. The Hall–Kier alpha value is -1.06. The monoisotopic (exact) mass is 263 g/mol. The van der Waals surface area contributed by atoms with Gasteiger partial charge in [0.15, 0.2) is 0 Å². The van der Waals surface area contributed by atoms with E-state index in [0.29, 0.717) is 0 Å². The molecule has 1 fully saturated rings. The minimum atomic E-state index is 0.817. The Labute approximate surface area is 116 Å². The van der Waals surface area contributed by atoms with Gasteiger partial charge in [-0.2, -0.15) is 0 Å². The Kier molecular flexibility index (Phi) is 6.18. The summed E-state index contributed by atoms with van der Waals surface area (Å²) in [5.41, 5.74) is 1.34. The number of aryl methyl sites for hydroxylation is 1. The van der Waals surface area contributed by atoms with Crippen LogP contribution in [-0.4, -0.2) is 44.4 Å². The van der Waals surface area contributed by atoms with Crippen molar-refractivity contribution in [3.8, 4) is 5.75 Å². The fourth-order valence-electron chi connectivity index (χ4n) is 2.31. The molecule has 3 heteroatoms. The van der Waals surface area contributed by atoms with Gasteiger partial charge in [-0.1, -0.05) is 19.1 Å². The summed E-state index contributed by atoms with van der Waals surface area (Å²) in [4.78, 5) is 2.47. The van der Waals surface area contributed by atoms with Gasteiger partial charge in [0.25, 0.3) is 0 Å². The molecule has 1 aromatic carbocycles. The molecule has 0 unspecified atom stereocenters. The van der Waals surface area contributed by atoms with E-state index in [9.17, 15) is 0 Å². The maximum atomic E-state index is 5.79. The Balaban J connectivity index is 1.58. The molecule has 1 aromatic rings. The average molecular weight is 263 g/mol. The number of rotatable bonds is 7. The molecule has 0 amide bonds. The van der Waals surface area contributed by atoms with Crippen LogP contribution in [0.25, 0.3) is 0 Å². The Morgan fingerprint density at radius 2 is 2.05 bits per heavy atom. The molecule has 1 saturated heterocycles. The molecule has 1 aliphatic heterocycles. The molecular formula is C16H25NO2.